The number of nitrogens with zero attached hydrogens (tertiary/aromatic N) is 2. The smallest absolute Gasteiger partial charge is 0.0196 e. The highest BCUT2D eigenvalue weighted by Gasteiger charge is 2.31. The third kappa shape index (κ3) is 2.64. The molecule has 0 spiro atoms. The fourth-order valence-corrected chi connectivity index (χ4v) is 4.97. The number of hydrogen-bond acceptors (Lipinski definition) is 2. The predicted octanol–water partition coefficient (Wildman–Crippen LogP) is 4.62. The maximum absolute atomic E-state index is 2.35. The fraction of sp³-hybridized carbons (Fsp3) is 0.417. The maximum atomic E-state index is 2.35. The molecule has 2 aliphatic rings. The lowest BCUT2D eigenvalue weighted by atomic mass is 9.88. The highest BCUT2D eigenvalue weighted by atomic mass is 15.1. The fourth-order valence-electron chi connectivity index (χ4n) is 4.97. The molecule has 0 saturated carbocycles. The summed E-state index contributed by atoms with van der Waals surface area (Å²) >= 11 is 0. The van der Waals surface area contributed by atoms with Gasteiger partial charge in [0.15, 0.2) is 0 Å². The van der Waals surface area contributed by atoms with E-state index in [4.69, 9.17) is 0 Å². The van der Waals surface area contributed by atoms with Crippen molar-refractivity contribution in [3.05, 3.63) is 57.7 Å². The minimum Gasteiger partial charge on any atom is -0.305 e. The highest BCUT2D eigenvalue weighted by Crippen LogP contribution is 2.47. The van der Waals surface area contributed by atoms with Gasteiger partial charge in [0, 0.05) is 13.1 Å². The molecule has 0 atom stereocenters. The molecule has 0 N–H and O–H groups in total. The Bertz CT molecular complexity index is 958. The van der Waals surface area contributed by atoms with Gasteiger partial charge >= 0.3 is 0 Å². The molecule has 2 nitrogen and oxygen atoms in total. The van der Waals surface area contributed by atoms with Crippen LogP contribution in [0, 0.1) is 0 Å². The molecule has 2 aromatic carbocycles. The van der Waals surface area contributed by atoms with E-state index >= 15 is 0 Å². The molecule has 0 bridgehead atoms. The summed E-state index contributed by atoms with van der Waals surface area (Å²) in [6, 6.07) is 9.05. The lowest BCUT2D eigenvalue weighted by molar-refractivity contribution is 0.443. The second-order valence-corrected chi connectivity index (χ2v) is 8.54. The zero-order valence-electron chi connectivity index (χ0n) is 17.0. The van der Waals surface area contributed by atoms with Gasteiger partial charge in [-0.15, -0.1) is 0 Å². The second kappa shape index (κ2) is 6.37. The first-order chi connectivity index (χ1) is 12.4. The molecule has 2 aliphatic carbocycles. The van der Waals surface area contributed by atoms with E-state index in [0.29, 0.717) is 0 Å². The SMILES string of the molecule is CC1=C(CN(C)C)Cc2c1c1c(c3ccccc23)C(C)=C(CN(C)C)C1. The second-order valence-electron chi connectivity index (χ2n) is 8.54. The van der Waals surface area contributed by atoms with Crippen molar-refractivity contribution in [2.75, 3.05) is 41.3 Å². The van der Waals surface area contributed by atoms with Crippen LogP contribution in [0.4, 0.5) is 0 Å². The molecule has 0 heterocycles. The molecule has 0 aliphatic heterocycles. The van der Waals surface area contributed by atoms with Gasteiger partial charge in [-0.2, -0.15) is 0 Å². The average Bonchev–Trinajstić information content (AvgIpc) is 3.06. The van der Waals surface area contributed by atoms with E-state index in [1.807, 2.05) is 0 Å². The Kier molecular flexibility index (Phi) is 4.29. The van der Waals surface area contributed by atoms with Crippen LogP contribution in [-0.4, -0.2) is 51.1 Å². The van der Waals surface area contributed by atoms with Gasteiger partial charge in [-0.05, 0) is 110 Å². The molecule has 0 unspecified atom stereocenters. The van der Waals surface area contributed by atoms with Crippen molar-refractivity contribution in [3.8, 4) is 0 Å². The molecule has 0 saturated heterocycles. The maximum Gasteiger partial charge on any atom is 0.0196 e. The summed E-state index contributed by atoms with van der Waals surface area (Å²) in [6.45, 7) is 6.79. The molecule has 0 aromatic heterocycles. The number of rotatable bonds is 4. The molecule has 136 valence electrons. The Hall–Kier alpha value is -1.90. The average molecular weight is 347 g/mol. The van der Waals surface area contributed by atoms with Crippen LogP contribution < -0.4 is 0 Å². The largest absolute Gasteiger partial charge is 0.305 e. The van der Waals surface area contributed by atoms with E-state index in [0.717, 1.165) is 25.9 Å². The van der Waals surface area contributed by atoms with Crippen molar-refractivity contribution in [2.45, 2.75) is 26.7 Å². The van der Waals surface area contributed by atoms with Gasteiger partial charge in [0.25, 0.3) is 0 Å². The van der Waals surface area contributed by atoms with Gasteiger partial charge in [-0.1, -0.05) is 24.3 Å². The van der Waals surface area contributed by atoms with Gasteiger partial charge in [0.05, 0.1) is 0 Å². The van der Waals surface area contributed by atoms with Crippen molar-refractivity contribution in [3.63, 3.8) is 0 Å². The van der Waals surface area contributed by atoms with Crippen LogP contribution in [0.5, 0.6) is 0 Å². The molecule has 26 heavy (non-hydrogen) atoms. The van der Waals surface area contributed by atoms with Gasteiger partial charge in [0.2, 0.25) is 0 Å². The minimum atomic E-state index is 1.05. The summed E-state index contributed by atoms with van der Waals surface area (Å²) in [7, 11) is 8.69. The molecular formula is C24H30N2. The third-order valence-corrected chi connectivity index (χ3v) is 6.03. The Morgan fingerprint density at radius 1 is 0.692 bits per heavy atom. The quantitative estimate of drug-likeness (QED) is 0.797. The van der Waals surface area contributed by atoms with E-state index in [2.05, 4.69) is 76.1 Å². The van der Waals surface area contributed by atoms with Crippen molar-refractivity contribution in [1.29, 1.82) is 0 Å². The lowest BCUT2D eigenvalue weighted by Crippen LogP contribution is -2.15. The lowest BCUT2D eigenvalue weighted by Gasteiger charge is -2.15. The number of likely N-dealkylation sites (N-methyl/N-ethyl adjacent to an activating group) is 2. The van der Waals surface area contributed by atoms with Crippen molar-refractivity contribution >= 4 is 21.9 Å². The number of benzene rings is 2. The Labute approximate surface area is 157 Å². The summed E-state index contributed by atoms with van der Waals surface area (Å²) in [5.74, 6) is 0. The molecule has 0 fully saturated rings. The summed E-state index contributed by atoms with van der Waals surface area (Å²) in [5.41, 5.74) is 12.4. The number of fused-ring (bicyclic) bond motifs is 6. The molecule has 0 amide bonds. The Morgan fingerprint density at radius 2 is 1.19 bits per heavy atom. The van der Waals surface area contributed by atoms with Gasteiger partial charge < -0.3 is 9.80 Å². The molecular weight excluding hydrogens is 316 g/mol. The number of allylic oxidation sites excluding steroid dienone is 2. The van der Waals surface area contributed by atoms with E-state index in [1.165, 1.54) is 27.5 Å². The summed E-state index contributed by atoms with van der Waals surface area (Å²) in [6.07, 6.45) is 2.22. The Balaban J connectivity index is 1.96. The molecule has 2 heteroatoms. The van der Waals surface area contributed by atoms with Crippen molar-refractivity contribution in [1.82, 2.24) is 9.80 Å². The van der Waals surface area contributed by atoms with E-state index < -0.39 is 0 Å². The standard InChI is InChI=1S/C24H30N2/c1-15-18(14-26(5)6)12-22-23(15)20-10-8-7-9-19(20)21-11-17(13-25(3)4)16(2)24(21)22/h7-10H,11-14H2,1-6H3. The third-order valence-electron chi connectivity index (χ3n) is 6.03. The summed E-state index contributed by atoms with van der Waals surface area (Å²) in [5, 5.41) is 2.91. The number of hydrogen-bond donors (Lipinski definition) is 0. The van der Waals surface area contributed by atoms with E-state index in [1.54, 1.807) is 27.8 Å². The van der Waals surface area contributed by atoms with Gasteiger partial charge in [0.1, 0.15) is 0 Å². The normalized spacial score (nSPS) is 16.5. The molecule has 4 rings (SSSR count). The van der Waals surface area contributed by atoms with Crippen LogP contribution in [0.15, 0.2) is 35.4 Å². The first kappa shape index (κ1) is 17.5. The topological polar surface area (TPSA) is 6.48 Å². The predicted molar refractivity (Wildman–Crippen MR) is 114 cm³/mol. The van der Waals surface area contributed by atoms with Crippen molar-refractivity contribution < 1.29 is 0 Å². The van der Waals surface area contributed by atoms with Crippen LogP contribution in [0.25, 0.3) is 21.9 Å². The van der Waals surface area contributed by atoms with Crippen LogP contribution in [-0.2, 0) is 12.8 Å². The van der Waals surface area contributed by atoms with Crippen molar-refractivity contribution in [2.24, 2.45) is 0 Å². The van der Waals surface area contributed by atoms with Crippen LogP contribution >= 0.6 is 0 Å². The van der Waals surface area contributed by atoms with Crippen LogP contribution in [0.3, 0.4) is 0 Å². The summed E-state index contributed by atoms with van der Waals surface area (Å²) < 4.78 is 0. The highest BCUT2D eigenvalue weighted by molar-refractivity contribution is 6.04. The zero-order valence-corrected chi connectivity index (χ0v) is 17.0. The van der Waals surface area contributed by atoms with Crippen LogP contribution in [0.1, 0.15) is 36.1 Å². The Morgan fingerprint density at radius 3 is 1.77 bits per heavy atom. The molecule has 0 radical (unpaired) electrons. The summed E-state index contributed by atoms with van der Waals surface area (Å²) in [4.78, 5) is 4.60. The van der Waals surface area contributed by atoms with Gasteiger partial charge in [-0.3, -0.25) is 0 Å². The zero-order chi connectivity index (χ0) is 18.6. The van der Waals surface area contributed by atoms with Crippen LogP contribution in [0.2, 0.25) is 0 Å². The van der Waals surface area contributed by atoms with E-state index in [-0.39, 0.29) is 0 Å². The first-order valence-corrected chi connectivity index (χ1v) is 9.62. The van der Waals surface area contributed by atoms with E-state index in [9.17, 15) is 0 Å². The monoisotopic (exact) mass is 346 g/mol. The molecule has 2 aromatic rings. The first-order valence-electron chi connectivity index (χ1n) is 9.62. The minimum absolute atomic E-state index is 1.05. The van der Waals surface area contributed by atoms with Gasteiger partial charge in [-0.25, -0.2) is 0 Å².